The van der Waals surface area contributed by atoms with Gasteiger partial charge in [0.05, 0.1) is 5.56 Å². The standard InChI is InChI=1S/C16H27N3/c1-6-7-8-9-16(4,5)11-19-13(3)12(2)14(10-17)15(19)18/h6-9,11,18H2,1-5H3. The summed E-state index contributed by atoms with van der Waals surface area (Å²) in [7, 11) is 0. The van der Waals surface area contributed by atoms with Gasteiger partial charge in [0.1, 0.15) is 11.9 Å². The van der Waals surface area contributed by atoms with E-state index in [1.165, 1.54) is 25.7 Å². The van der Waals surface area contributed by atoms with Crippen molar-refractivity contribution >= 4 is 5.82 Å². The van der Waals surface area contributed by atoms with Crippen LogP contribution in [0.15, 0.2) is 0 Å². The predicted octanol–water partition coefficient (Wildman–Crippen LogP) is 4.17. The normalized spacial score (nSPS) is 11.6. The Morgan fingerprint density at radius 1 is 1.26 bits per heavy atom. The number of anilines is 1. The molecule has 0 saturated carbocycles. The number of aromatic nitrogens is 1. The summed E-state index contributed by atoms with van der Waals surface area (Å²) in [6.07, 6.45) is 4.98. The zero-order valence-electron chi connectivity index (χ0n) is 13.0. The van der Waals surface area contributed by atoms with Crippen molar-refractivity contribution in [2.75, 3.05) is 5.73 Å². The molecule has 1 rings (SSSR count). The molecule has 0 aliphatic rings. The van der Waals surface area contributed by atoms with Gasteiger partial charge in [-0.2, -0.15) is 5.26 Å². The van der Waals surface area contributed by atoms with Gasteiger partial charge in [-0.25, -0.2) is 0 Å². The first kappa shape index (κ1) is 15.6. The number of hydrogen-bond acceptors (Lipinski definition) is 2. The lowest BCUT2D eigenvalue weighted by atomic mass is 9.86. The maximum atomic E-state index is 9.17. The Morgan fingerprint density at radius 3 is 2.37 bits per heavy atom. The first-order valence-electron chi connectivity index (χ1n) is 7.19. The molecule has 0 saturated heterocycles. The van der Waals surface area contributed by atoms with Crippen molar-refractivity contribution in [1.29, 1.82) is 5.26 Å². The van der Waals surface area contributed by atoms with Gasteiger partial charge < -0.3 is 10.3 Å². The fraction of sp³-hybridized carbons (Fsp3) is 0.688. The maximum Gasteiger partial charge on any atom is 0.122 e. The smallest absolute Gasteiger partial charge is 0.122 e. The summed E-state index contributed by atoms with van der Waals surface area (Å²) in [5, 5.41) is 9.17. The minimum absolute atomic E-state index is 0.215. The third-order valence-corrected chi connectivity index (χ3v) is 4.02. The molecule has 0 spiro atoms. The summed E-state index contributed by atoms with van der Waals surface area (Å²) in [6, 6.07) is 2.22. The second-order valence-corrected chi connectivity index (χ2v) is 6.29. The molecule has 1 aromatic rings. The quantitative estimate of drug-likeness (QED) is 0.781. The van der Waals surface area contributed by atoms with Gasteiger partial charge in [0, 0.05) is 12.2 Å². The van der Waals surface area contributed by atoms with E-state index in [2.05, 4.69) is 38.3 Å². The Hall–Kier alpha value is -1.43. The van der Waals surface area contributed by atoms with Crippen LogP contribution in [0.1, 0.15) is 63.3 Å². The van der Waals surface area contributed by atoms with Crippen LogP contribution in [0, 0.1) is 30.6 Å². The molecule has 0 amide bonds. The molecule has 0 aliphatic heterocycles. The summed E-state index contributed by atoms with van der Waals surface area (Å²) in [6.45, 7) is 11.7. The number of hydrogen-bond donors (Lipinski definition) is 1. The fourth-order valence-electron chi connectivity index (χ4n) is 2.60. The molecule has 0 bridgehead atoms. The minimum atomic E-state index is 0.215. The summed E-state index contributed by atoms with van der Waals surface area (Å²) >= 11 is 0. The average Bonchev–Trinajstić information content (AvgIpc) is 2.53. The lowest BCUT2D eigenvalue weighted by molar-refractivity contribution is 0.271. The van der Waals surface area contributed by atoms with Crippen molar-refractivity contribution in [1.82, 2.24) is 4.57 Å². The van der Waals surface area contributed by atoms with E-state index in [1.54, 1.807) is 0 Å². The van der Waals surface area contributed by atoms with Crippen molar-refractivity contribution in [2.24, 2.45) is 5.41 Å². The molecule has 0 radical (unpaired) electrons. The number of nitriles is 1. The van der Waals surface area contributed by atoms with E-state index in [0.29, 0.717) is 11.4 Å². The molecule has 2 N–H and O–H groups in total. The molecule has 3 nitrogen and oxygen atoms in total. The number of nitrogen functional groups attached to an aromatic ring is 1. The largest absolute Gasteiger partial charge is 0.384 e. The number of rotatable bonds is 6. The Kier molecular flexibility index (Phi) is 5.05. The predicted molar refractivity (Wildman–Crippen MR) is 81.0 cm³/mol. The van der Waals surface area contributed by atoms with Gasteiger partial charge in [0.25, 0.3) is 0 Å². The van der Waals surface area contributed by atoms with Gasteiger partial charge in [-0.3, -0.25) is 0 Å². The van der Waals surface area contributed by atoms with Gasteiger partial charge in [0.2, 0.25) is 0 Å². The highest BCUT2D eigenvalue weighted by Crippen LogP contribution is 2.31. The Labute approximate surface area is 117 Å². The zero-order valence-corrected chi connectivity index (χ0v) is 13.0. The monoisotopic (exact) mass is 261 g/mol. The Morgan fingerprint density at radius 2 is 1.89 bits per heavy atom. The highest BCUT2D eigenvalue weighted by molar-refractivity contribution is 5.57. The molecular formula is C16H27N3. The van der Waals surface area contributed by atoms with Crippen LogP contribution in [0.2, 0.25) is 0 Å². The molecule has 0 fully saturated rings. The van der Waals surface area contributed by atoms with Gasteiger partial charge in [-0.15, -0.1) is 0 Å². The molecule has 0 atom stereocenters. The summed E-state index contributed by atoms with van der Waals surface area (Å²) in [4.78, 5) is 0. The van der Waals surface area contributed by atoms with Crippen LogP contribution in [0.25, 0.3) is 0 Å². The number of nitrogens with two attached hydrogens (primary N) is 1. The number of unbranched alkanes of at least 4 members (excludes halogenated alkanes) is 2. The highest BCUT2D eigenvalue weighted by atomic mass is 15.1. The van der Waals surface area contributed by atoms with Crippen LogP contribution in [-0.2, 0) is 6.54 Å². The molecule has 0 aromatic carbocycles. The van der Waals surface area contributed by atoms with Crippen LogP contribution < -0.4 is 5.73 Å². The molecule has 3 heteroatoms. The zero-order chi connectivity index (χ0) is 14.6. The van der Waals surface area contributed by atoms with Crippen molar-refractivity contribution in [3.8, 4) is 6.07 Å². The van der Waals surface area contributed by atoms with E-state index >= 15 is 0 Å². The average molecular weight is 261 g/mol. The van der Waals surface area contributed by atoms with Gasteiger partial charge >= 0.3 is 0 Å². The van der Waals surface area contributed by atoms with Crippen molar-refractivity contribution in [3.05, 3.63) is 16.8 Å². The first-order chi connectivity index (χ1) is 8.84. The van der Waals surface area contributed by atoms with Crippen LogP contribution in [0.5, 0.6) is 0 Å². The molecule has 106 valence electrons. The van der Waals surface area contributed by atoms with Gasteiger partial charge in [-0.1, -0.05) is 40.0 Å². The van der Waals surface area contributed by atoms with Crippen LogP contribution in [-0.4, -0.2) is 4.57 Å². The van der Waals surface area contributed by atoms with Crippen LogP contribution in [0.3, 0.4) is 0 Å². The fourth-order valence-corrected chi connectivity index (χ4v) is 2.60. The third-order valence-electron chi connectivity index (χ3n) is 4.02. The molecule has 1 aromatic heterocycles. The second kappa shape index (κ2) is 6.14. The van der Waals surface area contributed by atoms with E-state index in [4.69, 9.17) is 11.0 Å². The molecule has 1 heterocycles. The minimum Gasteiger partial charge on any atom is -0.384 e. The van der Waals surface area contributed by atoms with Gasteiger partial charge in [-0.05, 0) is 31.2 Å². The highest BCUT2D eigenvalue weighted by Gasteiger charge is 2.23. The summed E-state index contributed by atoms with van der Waals surface area (Å²) in [5.74, 6) is 0.626. The van der Waals surface area contributed by atoms with E-state index in [0.717, 1.165) is 17.8 Å². The number of nitrogens with zero attached hydrogens (tertiary/aromatic N) is 2. The molecule has 0 aliphatic carbocycles. The van der Waals surface area contributed by atoms with Crippen molar-refractivity contribution in [3.63, 3.8) is 0 Å². The Bertz CT molecular complexity index is 475. The first-order valence-corrected chi connectivity index (χ1v) is 7.19. The Balaban J connectivity index is 2.91. The maximum absolute atomic E-state index is 9.17. The lowest BCUT2D eigenvalue weighted by Gasteiger charge is -2.27. The molecule has 19 heavy (non-hydrogen) atoms. The lowest BCUT2D eigenvalue weighted by Crippen LogP contribution is -2.21. The van der Waals surface area contributed by atoms with E-state index in [9.17, 15) is 0 Å². The van der Waals surface area contributed by atoms with Crippen molar-refractivity contribution in [2.45, 2.75) is 66.8 Å². The summed E-state index contributed by atoms with van der Waals surface area (Å²) in [5.41, 5.74) is 9.11. The van der Waals surface area contributed by atoms with Crippen LogP contribution in [0.4, 0.5) is 5.82 Å². The SMILES string of the molecule is CCCCCC(C)(C)Cn1c(C)c(C)c(C#N)c1N. The summed E-state index contributed by atoms with van der Waals surface area (Å²) < 4.78 is 2.11. The van der Waals surface area contributed by atoms with Crippen LogP contribution >= 0.6 is 0 Å². The van der Waals surface area contributed by atoms with Crippen molar-refractivity contribution < 1.29 is 0 Å². The third kappa shape index (κ3) is 3.53. The van der Waals surface area contributed by atoms with E-state index < -0.39 is 0 Å². The van der Waals surface area contributed by atoms with E-state index in [-0.39, 0.29) is 5.41 Å². The molecule has 0 unspecified atom stereocenters. The van der Waals surface area contributed by atoms with Gasteiger partial charge in [0.15, 0.2) is 0 Å². The molecular weight excluding hydrogens is 234 g/mol. The van der Waals surface area contributed by atoms with E-state index in [1.807, 2.05) is 6.92 Å². The topological polar surface area (TPSA) is 54.7 Å². The second-order valence-electron chi connectivity index (χ2n) is 6.29.